The summed E-state index contributed by atoms with van der Waals surface area (Å²) >= 11 is 0. The summed E-state index contributed by atoms with van der Waals surface area (Å²) in [5.74, 6) is 0. The minimum atomic E-state index is -3.65. The van der Waals surface area contributed by atoms with Crippen LogP contribution in [0.3, 0.4) is 0 Å². The number of hydrogen-bond donors (Lipinski definition) is 1. The molecule has 0 aromatic heterocycles. The fourth-order valence-electron chi connectivity index (χ4n) is 2.78. The first kappa shape index (κ1) is 18.3. The van der Waals surface area contributed by atoms with Crippen LogP contribution in [-0.2, 0) is 14.8 Å². The molecular formula is C17H19N3O5S. The molecule has 0 saturated carbocycles. The summed E-state index contributed by atoms with van der Waals surface area (Å²) in [6.45, 7) is 3.08. The molecule has 0 unspecified atom stereocenters. The molecule has 1 N–H and O–H groups in total. The van der Waals surface area contributed by atoms with E-state index in [-0.39, 0.29) is 10.6 Å². The van der Waals surface area contributed by atoms with Crippen LogP contribution < -0.4 is 5.32 Å². The summed E-state index contributed by atoms with van der Waals surface area (Å²) in [4.78, 5) is 10.8. The highest BCUT2D eigenvalue weighted by Crippen LogP contribution is 2.30. The van der Waals surface area contributed by atoms with Crippen LogP contribution in [0, 0.1) is 17.0 Å². The Hall–Kier alpha value is -2.49. The van der Waals surface area contributed by atoms with E-state index in [1.165, 1.54) is 16.4 Å². The van der Waals surface area contributed by atoms with Crippen molar-refractivity contribution in [2.24, 2.45) is 0 Å². The van der Waals surface area contributed by atoms with Gasteiger partial charge < -0.3 is 10.1 Å². The number of aryl methyl sites for hydroxylation is 1. The number of nitrogens with zero attached hydrogens (tertiary/aromatic N) is 2. The van der Waals surface area contributed by atoms with Crippen molar-refractivity contribution in [3.63, 3.8) is 0 Å². The number of rotatable bonds is 5. The van der Waals surface area contributed by atoms with Gasteiger partial charge in [0.1, 0.15) is 5.69 Å². The van der Waals surface area contributed by atoms with Crippen molar-refractivity contribution in [2.75, 3.05) is 31.6 Å². The molecule has 1 fully saturated rings. The third-order valence-corrected chi connectivity index (χ3v) is 6.20. The minimum absolute atomic E-state index is 0.0781. The third-order valence-electron chi connectivity index (χ3n) is 4.16. The summed E-state index contributed by atoms with van der Waals surface area (Å²) < 4.78 is 32.5. The van der Waals surface area contributed by atoms with Gasteiger partial charge in [0.05, 0.1) is 23.0 Å². The van der Waals surface area contributed by atoms with E-state index in [1.54, 1.807) is 37.3 Å². The van der Waals surface area contributed by atoms with Crippen LogP contribution in [0.2, 0.25) is 0 Å². The van der Waals surface area contributed by atoms with Gasteiger partial charge in [-0.15, -0.1) is 0 Å². The molecule has 1 aliphatic rings. The lowest BCUT2D eigenvalue weighted by Crippen LogP contribution is -2.40. The number of ether oxygens (including phenoxy) is 1. The van der Waals surface area contributed by atoms with Crippen molar-refractivity contribution in [3.05, 3.63) is 58.1 Å². The van der Waals surface area contributed by atoms with E-state index < -0.39 is 14.9 Å². The zero-order chi connectivity index (χ0) is 18.7. The fourth-order valence-corrected chi connectivity index (χ4v) is 4.43. The van der Waals surface area contributed by atoms with Gasteiger partial charge in [0, 0.05) is 24.8 Å². The van der Waals surface area contributed by atoms with Crippen LogP contribution in [0.15, 0.2) is 47.4 Å². The predicted molar refractivity (Wildman–Crippen MR) is 97.1 cm³/mol. The van der Waals surface area contributed by atoms with E-state index in [2.05, 4.69) is 5.32 Å². The van der Waals surface area contributed by atoms with Gasteiger partial charge in [-0.3, -0.25) is 10.1 Å². The second-order valence-electron chi connectivity index (χ2n) is 5.90. The zero-order valence-corrected chi connectivity index (χ0v) is 15.0. The van der Waals surface area contributed by atoms with Crippen LogP contribution in [0.25, 0.3) is 0 Å². The molecule has 0 amide bonds. The standard InChI is InChI=1S/C17H19N3O5S/c1-13-6-7-14(18-15-4-2-3-5-16(15)20(21)22)12-17(13)26(23,24)19-8-10-25-11-9-19/h2-7,12,18H,8-11H2,1H3. The monoisotopic (exact) mass is 377 g/mol. The van der Waals surface area contributed by atoms with Gasteiger partial charge in [-0.1, -0.05) is 18.2 Å². The van der Waals surface area contributed by atoms with Crippen LogP contribution in [0.1, 0.15) is 5.56 Å². The van der Waals surface area contributed by atoms with E-state index in [0.29, 0.717) is 43.2 Å². The van der Waals surface area contributed by atoms with E-state index in [4.69, 9.17) is 4.74 Å². The number of hydrogen-bond acceptors (Lipinski definition) is 6. The summed E-state index contributed by atoms with van der Waals surface area (Å²) in [7, 11) is -3.65. The Balaban J connectivity index is 1.95. The van der Waals surface area contributed by atoms with Crippen LogP contribution in [0.5, 0.6) is 0 Å². The van der Waals surface area contributed by atoms with Crippen molar-refractivity contribution in [2.45, 2.75) is 11.8 Å². The molecular weight excluding hydrogens is 358 g/mol. The molecule has 0 radical (unpaired) electrons. The first-order valence-electron chi connectivity index (χ1n) is 8.08. The van der Waals surface area contributed by atoms with Gasteiger partial charge in [0.2, 0.25) is 10.0 Å². The van der Waals surface area contributed by atoms with E-state index in [0.717, 1.165) is 0 Å². The Bertz CT molecular complexity index is 924. The number of benzene rings is 2. The molecule has 26 heavy (non-hydrogen) atoms. The number of anilines is 2. The van der Waals surface area contributed by atoms with Crippen molar-refractivity contribution in [1.82, 2.24) is 4.31 Å². The molecule has 9 heteroatoms. The number of nitrogens with one attached hydrogen (secondary N) is 1. The Labute approximate surface area is 151 Å². The Morgan fingerprint density at radius 2 is 1.85 bits per heavy atom. The maximum Gasteiger partial charge on any atom is 0.292 e. The maximum atomic E-state index is 12.9. The molecule has 0 bridgehead atoms. The van der Waals surface area contributed by atoms with Crippen LogP contribution in [-0.4, -0.2) is 43.9 Å². The number of sulfonamides is 1. The highest BCUT2D eigenvalue weighted by atomic mass is 32.2. The second kappa shape index (κ2) is 7.40. The lowest BCUT2D eigenvalue weighted by atomic mass is 10.2. The van der Waals surface area contributed by atoms with Gasteiger partial charge in [-0.2, -0.15) is 4.31 Å². The molecule has 0 atom stereocenters. The zero-order valence-electron chi connectivity index (χ0n) is 14.2. The first-order chi connectivity index (χ1) is 12.4. The molecule has 1 saturated heterocycles. The average Bonchev–Trinajstić information content (AvgIpc) is 2.64. The summed E-state index contributed by atoms with van der Waals surface area (Å²) in [6, 6.07) is 11.1. The lowest BCUT2D eigenvalue weighted by Gasteiger charge is -2.27. The fraction of sp³-hybridized carbons (Fsp3) is 0.294. The maximum absolute atomic E-state index is 12.9. The summed E-state index contributed by atoms with van der Waals surface area (Å²) in [6.07, 6.45) is 0. The number of para-hydroxylation sites is 2. The summed E-state index contributed by atoms with van der Waals surface area (Å²) in [5.41, 5.74) is 1.31. The van der Waals surface area contributed by atoms with Crippen molar-refractivity contribution >= 4 is 27.1 Å². The first-order valence-corrected chi connectivity index (χ1v) is 9.52. The van der Waals surface area contributed by atoms with Gasteiger partial charge in [0.25, 0.3) is 5.69 Å². The highest BCUT2D eigenvalue weighted by molar-refractivity contribution is 7.89. The van der Waals surface area contributed by atoms with E-state index >= 15 is 0 Å². The molecule has 0 spiro atoms. The molecule has 138 valence electrons. The van der Waals surface area contributed by atoms with E-state index in [9.17, 15) is 18.5 Å². The Morgan fingerprint density at radius 1 is 1.15 bits per heavy atom. The van der Waals surface area contributed by atoms with Crippen LogP contribution >= 0.6 is 0 Å². The number of nitro groups is 1. The number of morpholine rings is 1. The highest BCUT2D eigenvalue weighted by Gasteiger charge is 2.28. The van der Waals surface area contributed by atoms with Crippen molar-refractivity contribution in [3.8, 4) is 0 Å². The average molecular weight is 377 g/mol. The summed E-state index contributed by atoms with van der Waals surface area (Å²) in [5, 5.41) is 14.1. The van der Waals surface area contributed by atoms with Gasteiger partial charge >= 0.3 is 0 Å². The Morgan fingerprint density at radius 3 is 2.54 bits per heavy atom. The Kier molecular flexibility index (Phi) is 5.21. The normalized spacial score (nSPS) is 15.6. The van der Waals surface area contributed by atoms with Gasteiger partial charge in [-0.25, -0.2) is 8.42 Å². The molecule has 2 aromatic rings. The topological polar surface area (TPSA) is 102 Å². The van der Waals surface area contributed by atoms with E-state index in [1.807, 2.05) is 0 Å². The van der Waals surface area contributed by atoms with Crippen LogP contribution in [0.4, 0.5) is 17.1 Å². The molecule has 0 aliphatic carbocycles. The quantitative estimate of drug-likeness (QED) is 0.635. The molecule has 1 aliphatic heterocycles. The van der Waals surface area contributed by atoms with Crippen molar-refractivity contribution in [1.29, 1.82) is 0 Å². The molecule has 2 aromatic carbocycles. The SMILES string of the molecule is Cc1ccc(Nc2ccccc2[N+](=O)[O-])cc1S(=O)(=O)N1CCOCC1. The predicted octanol–water partition coefficient (Wildman–Crippen LogP) is 2.67. The minimum Gasteiger partial charge on any atom is -0.379 e. The number of nitro benzene ring substituents is 1. The van der Waals surface area contributed by atoms with Crippen molar-refractivity contribution < 1.29 is 18.1 Å². The largest absolute Gasteiger partial charge is 0.379 e. The third kappa shape index (κ3) is 3.69. The van der Waals surface area contributed by atoms with Gasteiger partial charge in [0.15, 0.2) is 0 Å². The van der Waals surface area contributed by atoms with Gasteiger partial charge in [-0.05, 0) is 30.7 Å². The molecule has 1 heterocycles. The molecule has 3 rings (SSSR count). The smallest absolute Gasteiger partial charge is 0.292 e. The lowest BCUT2D eigenvalue weighted by molar-refractivity contribution is -0.383. The second-order valence-corrected chi connectivity index (χ2v) is 7.80. The molecule has 8 nitrogen and oxygen atoms in total.